The van der Waals surface area contributed by atoms with Gasteiger partial charge in [-0.2, -0.15) is 0 Å². The van der Waals surface area contributed by atoms with E-state index in [0.717, 1.165) is 6.42 Å². The average Bonchev–Trinajstić information content (AvgIpc) is 2.17. The van der Waals surface area contributed by atoms with Crippen LogP contribution in [0.2, 0.25) is 0 Å². The summed E-state index contributed by atoms with van der Waals surface area (Å²) in [6.45, 7) is 0.422. The highest BCUT2D eigenvalue weighted by molar-refractivity contribution is 5.78. The van der Waals surface area contributed by atoms with Crippen molar-refractivity contribution in [2.24, 2.45) is 5.90 Å². The molecule has 1 fully saturated rings. The van der Waals surface area contributed by atoms with Gasteiger partial charge < -0.3 is 10.2 Å². The van der Waals surface area contributed by atoms with Crippen LogP contribution in [0.1, 0.15) is 12.8 Å². The van der Waals surface area contributed by atoms with Crippen molar-refractivity contribution in [2.75, 3.05) is 6.61 Å². The lowest BCUT2D eigenvalue weighted by Gasteiger charge is -2.05. The molecule has 0 aromatic rings. The summed E-state index contributed by atoms with van der Waals surface area (Å²) in [5, 5.41) is 2.71. The second-order valence-electron chi connectivity index (χ2n) is 2.14. The minimum Gasteiger partial charge on any atom is -0.351 e. The Morgan fingerprint density at radius 3 is 3.11 bits per heavy atom. The van der Waals surface area contributed by atoms with E-state index < -0.39 is 0 Å². The number of hydrogen-bond donors (Lipinski definition) is 2. The van der Waals surface area contributed by atoms with Gasteiger partial charge in [-0.1, -0.05) is 0 Å². The monoisotopic (exact) mass is 130 g/mol. The molecule has 0 bridgehead atoms. The Morgan fingerprint density at radius 1 is 1.89 bits per heavy atom. The zero-order chi connectivity index (χ0) is 6.69. The molecule has 52 valence electrons. The van der Waals surface area contributed by atoms with E-state index in [-0.39, 0.29) is 11.9 Å². The molecule has 1 atom stereocenters. The molecular weight excluding hydrogens is 120 g/mol. The molecule has 9 heavy (non-hydrogen) atoms. The van der Waals surface area contributed by atoms with E-state index in [2.05, 4.69) is 10.2 Å². The van der Waals surface area contributed by atoms with Crippen molar-refractivity contribution >= 4 is 5.91 Å². The summed E-state index contributed by atoms with van der Waals surface area (Å²) in [5.74, 6) is 4.90. The van der Waals surface area contributed by atoms with Crippen LogP contribution in [-0.2, 0) is 9.63 Å². The summed E-state index contributed by atoms with van der Waals surface area (Å²) in [6.07, 6.45) is 1.45. The number of nitrogens with two attached hydrogens (primary N) is 1. The number of carbonyl (C=O) groups excluding carboxylic acids is 1. The van der Waals surface area contributed by atoms with Gasteiger partial charge in [0.25, 0.3) is 0 Å². The van der Waals surface area contributed by atoms with Crippen molar-refractivity contribution < 1.29 is 9.63 Å². The van der Waals surface area contributed by atoms with E-state index in [4.69, 9.17) is 5.90 Å². The first-order chi connectivity index (χ1) is 4.33. The first-order valence-electron chi connectivity index (χ1n) is 2.94. The Kier molecular flexibility index (Phi) is 2.02. The SMILES string of the molecule is NOCC1CCC(=O)N1. The topological polar surface area (TPSA) is 64.3 Å². The Morgan fingerprint density at radius 2 is 2.67 bits per heavy atom. The van der Waals surface area contributed by atoms with E-state index in [1.807, 2.05) is 0 Å². The third-order valence-electron chi connectivity index (χ3n) is 1.38. The first-order valence-corrected chi connectivity index (χ1v) is 2.94. The van der Waals surface area contributed by atoms with Crippen molar-refractivity contribution in [3.63, 3.8) is 0 Å². The van der Waals surface area contributed by atoms with Crippen molar-refractivity contribution in [3.05, 3.63) is 0 Å². The number of hydrogen-bond acceptors (Lipinski definition) is 3. The van der Waals surface area contributed by atoms with Crippen LogP contribution in [-0.4, -0.2) is 18.6 Å². The van der Waals surface area contributed by atoms with E-state index in [1.54, 1.807) is 0 Å². The van der Waals surface area contributed by atoms with Gasteiger partial charge in [-0.15, -0.1) is 0 Å². The smallest absolute Gasteiger partial charge is 0.220 e. The second-order valence-corrected chi connectivity index (χ2v) is 2.14. The summed E-state index contributed by atoms with van der Waals surface area (Å²) in [6, 6.07) is 0.141. The summed E-state index contributed by atoms with van der Waals surface area (Å²) in [4.78, 5) is 14.9. The van der Waals surface area contributed by atoms with Gasteiger partial charge >= 0.3 is 0 Å². The maximum atomic E-state index is 10.5. The Labute approximate surface area is 53.3 Å². The van der Waals surface area contributed by atoms with Crippen LogP contribution in [0.4, 0.5) is 0 Å². The van der Waals surface area contributed by atoms with Crippen LogP contribution in [0, 0.1) is 0 Å². The molecule has 1 amide bonds. The van der Waals surface area contributed by atoms with Crippen LogP contribution in [0.3, 0.4) is 0 Å². The van der Waals surface area contributed by atoms with Crippen molar-refractivity contribution in [1.82, 2.24) is 5.32 Å². The highest BCUT2D eigenvalue weighted by Crippen LogP contribution is 2.05. The van der Waals surface area contributed by atoms with Crippen molar-refractivity contribution in [2.45, 2.75) is 18.9 Å². The van der Waals surface area contributed by atoms with E-state index in [1.165, 1.54) is 0 Å². The van der Waals surface area contributed by atoms with Gasteiger partial charge in [0.1, 0.15) is 0 Å². The highest BCUT2D eigenvalue weighted by atomic mass is 16.6. The van der Waals surface area contributed by atoms with Gasteiger partial charge in [-0.05, 0) is 6.42 Å². The van der Waals surface area contributed by atoms with Gasteiger partial charge in [-0.25, -0.2) is 5.90 Å². The van der Waals surface area contributed by atoms with Gasteiger partial charge in [0.15, 0.2) is 0 Å². The molecule has 0 aromatic carbocycles. The summed E-state index contributed by atoms with van der Waals surface area (Å²) < 4.78 is 0. The third kappa shape index (κ3) is 1.65. The van der Waals surface area contributed by atoms with Crippen LogP contribution >= 0.6 is 0 Å². The minimum absolute atomic E-state index is 0.0945. The van der Waals surface area contributed by atoms with E-state index >= 15 is 0 Å². The van der Waals surface area contributed by atoms with E-state index in [0.29, 0.717) is 13.0 Å². The molecule has 1 aliphatic rings. The Balaban J connectivity index is 2.22. The molecule has 1 rings (SSSR count). The lowest BCUT2D eigenvalue weighted by atomic mass is 10.2. The number of rotatable bonds is 2. The molecular formula is C5H10N2O2. The first kappa shape index (κ1) is 6.51. The quantitative estimate of drug-likeness (QED) is 0.479. The largest absolute Gasteiger partial charge is 0.351 e. The fraction of sp³-hybridized carbons (Fsp3) is 0.800. The van der Waals surface area contributed by atoms with Gasteiger partial charge in [0, 0.05) is 6.42 Å². The molecule has 3 N–H and O–H groups in total. The highest BCUT2D eigenvalue weighted by Gasteiger charge is 2.19. The predicted octanol–water partition coefficient (Wildman–Crippen LogP) is -0.845. The molecule has 1 saturated heterocycles. The van der Waals surface area contributed by atoms with Gasteiger partial charge in [-0.3, -0.25) is 4.79 Å². The fourth-order valence-corrected chi connectivity index (χ4v) is 0.918. The van der Waals surface area contributed by atoms with Gasteiger partial charge in [0.05, 0.1) is 12.6 Å². The summed E-state index contributed by atoms with van der Waals surface area (Å²) in [5.41, 5.74) is 0. The molecule has 1 unspecified atom stereocenters. The standard InChI is InChI=1S/C5H10N2O2/c6-9-3-4-1-2-5(8)7-4/h4H,1-3,6H2,(H,7,8). The number of carbonyl (C=O) groups is 1. The fourth-order valence-electron chi connectivity index (χ4n) is 0.918. The Bertz CT molecular complexity index is 116. The lowest BCUT2D eigenvalue weighted by molar-refractivity contribution is -0.119. The molecule has 0 aromatic heterocycles. The Hall–Kier alpha value is -0.610. The maximum Gasteiger partial charge on any atom is 0.220 e. The average molecular weight is 130 g/mol. The number of nitrogens with one attached hydrogen (secondary N) is 1. The van der Waals surface area contributed by atoms with Crippen LogP contribution in [0.25, 0.3) is 0 Å². The van der Waals surface area contributed by atoms with Crippen LogP contribution in [0.15, 0.2) is 0 Å². The van der Waals surface area contributed by atoms with Crippen molar-refractivity contribution in [3.8, 4) is 0 Å². The van der Waals surface area contributed by atoms with E-state index in [9.17, 15) is 4.79 Å². The molecule has 1 aliphatic heterocycles. The molecule has 0 aliphatic carbocycles. The van der Waals surface area contributed by atoms with Crippen LogP contribution in [0.5, 0.6) is 0 Å². The minimum atomic E-state index is 0.0945. The van der Waals surface area contributed by atoms with Crippen molar-refractivity contribution in [1.29, 1.82) is 0 Å². The predicted molar refractivity (Wildman–Crippen MR) is 31.3 cm³/mol. The summed E-state index contributed by atoms with van der Waals surface area (Å²) >= 11 is 0. The zero-order valence-electron chi connectivity index (χ0n) is 5.09. The van der Waals surface area contributed by atoms with Gasteiger partial charge in [0.2, 0.25) is 5.91 Å². The zero-order valence-corrected chi connectivity index (χ0v) is 5.09. The molecule has 0 spiro atoms. The molecule has 0 radical (unpaired) electrons. The lowest BCUT2D eigenvalue weighted by Crippen LogP contribution is -2.30. The summed E-state index contributed by atoms with van der Waals surface area (Å²) in [7, 11) is 0. The normalized spacial score (nSPS) is 26.3. The maximum absolute atomic E-state index is 10.5. The van der Waals surface area contributed by atoms with Crippen LogP contribution < -0.4 is 11.2 Å². The molecule has 4 nitrogen and oxygen atoms in total. The third-order valence-corrected chi connectivity index (χ3v) is 1.38. The molecule has 4 heteroatoms. The second kappa shape index (κ2) is 2.80. The molecule has 1 heterocycles. The molecule has 0 saturated carbocycles. The number of amides is 1.